The first-order chi connectivity index (χ1) is 8.83. The summed E-state index contributed by atoms with van der Waals surface area (Å²) in [6.07, 6.45) is 5.35. The molecule has 0 bridgehead atoms. The van der Waals surface area contributed by atoms with E-state index in [0.717, 1.165) is 0 Å². The summed E-state index contributed by atoms with van der Waals surface area (Å²) in [4.78, 5) is 0. The van der Waals surface area contributed by atoms with Crippen LogP contribution in [-0.2, 0) is 0 Å². The maximum Gasteiger partial charge on any atom is 0.0874 e. The number of thioether (sulfide) groups is 1. The number of unbranched alkanes of at least 4 members (excludes halogenated alkanes) is 2. The minimum absolute atomic E-state index is 0. The molecule has 0 amide bonds. The van der Waals surface area contributed by atoms with Gasteiger partial charge in [0.15, 0.2) is 0 Å². The fraction of sp³-hybridized carbons (Fsp3) is 1.00. The van der Waals surface area contributed by atoms with Gasteiger partial charge in [0.05, 0.1) is 54.4 Å². The molecule has 0 aliphatic carbocycles. The van der Waals surface area contributed by atoms with Gasteiger partial charge >= 0.3 is 0 Å². The molecule has 0 saturated heterocycles. The second kappa shape index (κ2) is 15.3. The van der Waals surface area contributed by atoms with Gasteiger partial charge in [-0.2, -0.15) is 11.8 Å². The van der Waals surface area contributed by atoms with Crippen LogP contribution in [0.3, 0.4) is 0 Å². The molecule has 0 radical (unpaired) electrons. The van der Waals surface area contributed by atoms with Crippen molar-refractivity contribution in [2.45, 2.75) is 39.5 Å². The largest absolute Gasteiger partial charge is 0.328 e. The lowest BCUT2D eigenvalue weighted by atomic mass is 10.3. The molecule has 21 heavy (non-hydrogen) atoms. The van der Waals surface area contributed by atoms with Crippen LogP contribution >= 0.6 is 59.7 Å². The van der Waals surface area contributed by atoms with Crippen molar-refractivity contribution < 1.29 is 8.97 Å². The van der Waals surface area contributed by atoms with E-state index in [9.17, 15) is 0 Å². The van der Waals surface area contributed by atoms with Gasteiger partial charge in [0.2, 0.25) is 0 Å². The summed E-state index contributed by atoms with van der Waals surface area (Å²) in [7, 11) is 9.49. The average Bonchev–Trinajstić information content (AvgIpc) is 2.33. The Kier molecular flexibility index (Phi) is 20.0. The van der Waals surface area contributed by atoms with Crippen LogP contribution in [0.4, 0.5) is 0 Å². The van der Waals surface area contributed by atoms with E-state index in [1.165, 1.54) is 72.3 Å². The molecule has 5 heteroatoms. The first kappa shape index (κ1) is 27.6. The third-order valence-corrected chi connectivity index (χ3v) is 4.86. The molecule has 0 aliphatic heterocycles. The highest BCUT2D eigenvalue weighted by molar-refractivity contribution is 14.0. The molecule has 0 atom stereocenters. The number of hydrogen-bond donors (Lipinski definition) is 0. The summed E-state index contributed by atoms with van der Waals surface area (Å²) in [6, 6.07) is 0. The topological polar surface area (TPSA) is 0 Å². The predicted octanol–water partition coefficient (Wildman–Crippen LogP) is 4.71. The number of quaternary nitrogens is 2. The number of rotatable bonds is 12. The molecule has 2 nitrogen and oxygen atoms in total. The summed E-state index contributed by atoms with van der Waals surface area (Å²) in [5, 5.41) is 0. The van der Waals surface area contributed by atoms with Gasteiger partial charge in [-0.3, -0.25) is 0 Å². The molecule has 0 N–H and O–H groups in total. The van der Waals surface area contributed by atoms with E-state index in [2.05, 4.69) is 53.8 Å². The van der Waals surface area contributed by atoms with E-state index < -0.39 is 0 Å². The van der Waals surface area contributed by atoms with Crippen molar-refractivity contribution in [2.75, 3.05) is 65.9 Å². The highest BCUT2D eigenvalue weighted by Gasteiger charge is 2.16. The zero-order valence-corrected chi connectivity index (χ0v) is 20.7. The van der Waals surface area contributed by atoms with Gasteiger partial charge in [-0.05, 0) is 12.8 Å². The molecule has 0 spiro atoms. The third kappa shape index (κ3) is 17.9. The number of nitrogens with zero attached hydrogens (tertiary/aromatic N) is 2. The standard InChI is InChI=1S/C16H38N2S.2HI/c1-7-9-11-17(3,4)13-15-19-16-14-18(5,6)12-10-8-2;;/h7-16H2,1-6H3;2*1H/q+2;;. The van der Waals surface area contributed by atoms with Crippen LogP contribution in [0.2, 0.25) is 0 Å². The molecule has 0 unspecified atom stereocenters. The van der Waals surface area contributed by atoms with Crippen LogP contribution < -0.4 is 0 Å². The van der Waals surface area contributed by atoms with Gasteiger partial charge in [0.1, 0.15) is 0 Å². The van der Waals surface area contributed by atoms with Gasteiger partial charge < -0.3 is 8.97 Å². The normalized spacial score (nSPS) is 11.7. The summed E-state index contributed by atoms with van der Waals surface area (Å²) >= 11 is 2.14. The lowest BCUT2D eigenvalue weighted by Crippen LogP contribution is -2.43. The Morgan fingerprint density at radius 3 is 1.24 bits per heavy atom. The Bertz CT molecular complexity index is 202. The third-order valence-electron chi connectivity index (χ3n) is 3.92. The van der Waals surface area contributed by atoms with Crippen LogP contribution in [0.5, 0.6) is 0 Å². The Balaban J connectivity index is -0.00000162. The van der Waals surface area contributed by atoms with Gasteiger partial charge in [-0.15, -0.1) is 48.0 Å². The predicted molar refractivity (Wildman–Crippen MR) is 122 cm³/mol. The molecule has 132 valence electrons. The highest BCUT2D eigenvalue weighted by Crippen LogP contribution is 2.09. The van der Waals surface area contributed by atoms with Crippen LogP contribution in [0.25, 0.3) is 0 Å². The van der Waals surface area contributed by atoms with Crippen molar-refractivity contribution in [3.63, 3.8) is 0 Å². The van der Waals surface area contributed by atoms with Crippen LogP contribution in [0.15, 0.2) is 0 Å². The summed E-state index contributed by atoms with van der Waals surface area (Å²) in [6.45, 7) is 9.85. The van der Waals surface area contributed by atoms with Crippen LogP contribution in [0.1, 0.15) is 39.5 Å². The van der Waals surface area contributed by atoms with Gasteiger partial charge in [0, 0.05) is 11.5 Å². The van der Waals surface area contributed by atoms with Gasteiger partial charge in [-0.25, -0.2) is 0 Å². The van der Waals surface area contributed by atoms with Crippen molar-refractivity contribution in [1.82, 2.24) is 0 Å². The van der Waals surface area contributed by atoms with E-state index in [1.54, 1.807) is 0 Å². The first-order valence-electron chi connectivity index (χ1n) is 8.05. The molecule has 0 aromatic carbocycles. The Hall–Kier alpha value is 1.73. The molecule has 0 fully saturated rings. The van der Waals surface area contributed by atoms with Crippen molar-refractivity contribution in [1.29, 1.82) is 0 Å². The quantitative estimate of drug-likeness (QED) is 0.194. The summed E-state index contributed by atoms with van der Waals surface area (Å²) < 4.78 is 2.38. The Labute approximate surface area is 173 Å². The molecule has 0 rings (SSSR count). The molecular formula is C16H40I2N2S+2. The van der Waals surface area contributed by atoms with Crippen LogP contribution in [0, 0.1) is 0 Å². The molecule has 0 aliphatic rings. The second-order valence-corrected chi connectivity index (χ2v) is 8.31. The minimum atomic E-state index is 0. The minimum Gasteiger partial charge on any atom is -0.328 e. The second-order valence-electron chi connectivity index (χ2n) is 7.09. The zero-order valence-electron chi connectivity index (χ0n) is 15.2. The summed E-state index contributed by atoms with van der Waals surface area (Å²) in [5.74, 6) is 2.62. The highest BCUT2D eigenvalue weighted by atomic mass is 127. The van der Waals surface area contributed by atoms with E-state index in [4.69, 9.17) is 0 Å². The molecule has 0 aromatic rings. The van der Waals surface area contributed by atoms with Crippen molar-refractivity contribution in [3.8, 4) is 0 Å². The van der Waals surface area contributed by atoms with Crippen molar-refractivity contribution in [3.05, 3.63) is 0 Å². The monoisotopic (exact) mass is 546 g/mol. The fourth-order valence-corrected chi connectivity index (χ4v) is 3.57. The van der Waals surface area contributed by atoms with Crippen molar-refractivity contribution in [2.24, 2.45) is 0 Å². The van der Waals surface area contributed by atoms with E-state index in [1.807, 2.05) is 0 Å². The average molecular weight is 546 g/mol. The lowest BCUT2D eigenvalue weighted by molar-refractivity contribution is -0.888. The molecular weight excluding hydrogens is 506 g/mol. The smallest absolute Gasteiger partial charge is 0.0874 e. The molecule has 0 heterocycles. The zero-order chi connectivity index (χ0) is 14.8. The van der Waals surface area contributed by atoms with Gasteiger partial charge in [0.25, 0.3) is 0 Å². The van der Waals surface area contributed by atoms with Crippen LogP contribution in [-0.4, -0.2) is 74.8 Å². The van der Waals surface area contributed by atoms with E-state index >= 15 is 0 Å². The molecule has 0 aromatic heterocycles. The SMILES string of the molecule is CCCC[N+](C)(C)CCSCC[N+](C)(C)CCCC.I.I. The van der Waals surface area contributed by atoms with Gasteiger partial charge in [-0.1, -0.05) is 26.7 Å². The fourth-order valence-electron chi connectivity index (χ4n) is 2.12. The van der Waals surface area contributed by atoms with E-state index in [-0.39, 0.29) is 48.0 Å². The maximum absolute atomic E-state index is 2.37. The number of halogens is 2. The Morgan fingerprint density at radius 1 is 0.619 bits per heavy atom. The number of hydrogen-bond acceptors (Lipinski definition) is 1. The first-order valence-corrected chi connectivity index (χ1v) is 9.20. The lowest BCUT2D eigenvalue weighted by Gasteiger charge is -2.31. The Morgan fingerprint density at radius 2 is 0.952 bits per heavy atom. The van der Waals surface area contributed by atoms with Crippen molar-refractivity contribution >= 4 is 59.7 Å². The molecule has 0 saturated carbocycles. The maximum atomic E-state index is 2.37. The van der Waals surface area contributed by atoms with E-state index in [0.29, 0.717) is 0 Å². The summed E-state index contributed by atoms with van der Waals surface area (Å²) in [5.41, 5.74) is 0.